The van der Waals surface area contributed by atoms with Crippen molar-refractivity contribution in [2.24, 2.45) is 0 Å². The fourth-order valence-electron chi connectivity index (χ4n) is 1.83. The van der Waals surface area contributed by atoms with E-state index < -0.39 is 28.6 Å². The molecule has 0 saturated heterocycles. The van der Waals surface area contributed by atoms with Gasteiger partial charge in [0.15, 0.2) is 0 Å². The minimum Gasteiger partial charge on any atom is -0.480 e. The summed E-state index contributed by atoms with van der Waals surface area (Å²) in [5, 5.41) is 20.0. The molecule has 0 heterocycles. The zero-order chi connectivity index (χ0) is 17.8. The number of hydrogen-bond donors (Lipinski definition) is 1. The summed E-state index contributed by atoms with van der Waals surface area (Å²) in [5.74, 6) is -1.18. The molecular formula is C15H20N2O6. The number of carbonyl (C=O) groups excluding carboxylic acids is 1. The molecule has 8 heteroatoms. The third-order valence-electron chi connectivity index (χ3n) is 3.01. The normalized spacial score (nSPS) is 12.3. The standard InChI is InChI=1S/C15H20N2O6/c1-15(2,3)23-14(20)16(4)12(13(18)19)9-10-5-7-11(8-6-10)17(21)22/h5-8,12H,9H2,1-4H3,(H,18,19)/t12-/m1/s1. The number of carboxylic acid groups (broad SMARTS) is 1. The Kier molecular flexibility index (Phi) is 5.67. The average molecular weight is 324 g/mol. The second-order valence-electron chi connectivity index (χ2n) is 6.07. The first-order chi connectivity index (χ1) is 10.5. The van der Waals surface area contributed by atoms with Gasteiger partial charge >= 0.3 is 12.1 Å². The minimum atomic E-state index is -1.18. The summed E-state index contributed by atoms with van der Waals surface area (Å²) in [6.45, 7) is 5.06. The fourth-order valence-corrected chi connectivity index (χ4v) is 1.83. The molecule has 1 aromatic rings. The highest BCUT2D eigenvalue weighted by atomic mass is 16.6. The van der Waals surface area contributed by atoms with Crippen LogP contribution < -0.4 is 0 Å². The summed E-state index contributed by atoms with van der Waals surface area (Å²) < 4.78 is 5.15. The number of nitro groups is 1. The lowest BCUT2D eigenvalue weighted by Crippen LogP contribution is -2.46. The van der Waals surface area contributed by atoms with Gasteiger partial charge in [-0.15, -0.1) is 0 Å². The number of nitro benzene ring substituents is 1. The zero-order valence-electron chi connectivity index (χ0n) is 13.5. The van der Waals surface area contributed by atoms with E-state index >= 15 is 0 Å². The number of likely N-dealkylation sites (N-methyl/N-ethyl adjacent to an activating group) is 1. The van der Waals surface area contributed by atoms with E-state index in [0.717, 1.165) is 4.90 Å². The number of ether oxygens (including phenoxy) is 1. The van der Waals surface area contributed by atoms with Gasteiger partial charge in [0, 0.05) is 25.6 Å². The van der Waals surface area contributed by atoms with Crippen molar-refractivity contribution in [3.05, 3.63) is 39.9 Å². The summed E-state index contributed by atoms with van der Waals surface area (Å²) in [4.78, 5) is 34.5. The smallest absolute Gasteiger partial charge is 0.410 e. The minimum absolute atomic E-state index is 0.0169. The van der Waals surface area contributed by atoms with Crippen molar-refractivity contribution in [1.29, 1.82) is 0 Å². The number of nitrogens with zero attached hydrogens (tertiary/aromatic N) is 2. The molecule has 126 valence electrons. The first kappa shape index (κ1) is 18.4. The van der Waals surface area contributed by atoms with E-state index in [9.17, 15) is 24.8 Å². The van der Waals surface area contributed by atoms with E-state index in [0.29, 0.717) is 5.56 Å². The second kappa shape index (κ2) is 7.08. The maximum atomic E-state index is 12.0. The summed E-state index contributed by atoms with van der Waals surface area (Å²) in [7, 11) is 1.35. The predicted octanol–water partition coefficient (Wildman–Crippen LogP) is 2.46. The summed E-state index contributed by atoms with van der Waals surface area (Å²) in [5.41, 5.74) is -0.249. The first-order valence-electron chi connectivity index (χ1n) is 6.93. The lowest BCUT2D eigenvalue weighted by atomic mass is 10.0. The average Bonchev–Trinajstić information content (AvgIpc) is 2.42. The van der Waals surface area contributed by atoms with E-state index in [1.807, 2.05) is 0 Å². The molecule has 1 N–H and O–H groups in total. The van der Waals surface area contributed by atoms with Gasteiger partial charge < -0.3 is 9.84 Å². The number of benzene rings is 1. The van der Waals surface area contributed by atoms with Crippen molar-refractivity contribution in [3.8, 4) is 0 Å². The predicted molar refractivity (Wildman–Crippen MR) is 82.2 cm³/mol. The third-order valence-corrected chi connectivity index (χ3v) is 3.01. The molecule has 0 radical (unpaired) electrons. The van der Waals surface area contributed by atoms with Gasteiger partial charge in [-0.25, -0.2) is 9.59 Å². The third kappa shape index (κ3) is 5.57. The number of rotatable bonds is 5. The van der Waals surface area contributed by atoms with Crippen LogP contribution in [-0.4, -0.2) is 45.7 Å². The number of aliphatic carboxylic acids is 1. The monoisotopic (exact) mass is 324 g/mol. The van der Waals surface area contributed by atoms with Gasteiger partial charge in [-0.1, -0.05) is 12.1 Å². The SMILES string of the molecule is CN(C(=O)OC(C)(C)C)[C@H](Cc1ccc([N+](=O)[O-])cc1)C(=O)O. The molecule has 1 amide bonds. The molecule has 0 saturated carbocycles. The van der Waals surface area contributed by atoms with Crippen molar-refractivity contribution in [1.82, 2.24) is 4.90 Å². The van der Waals surface area contributed by atoms with Gasteiger partial charge in [-0.05, 0) is 26.3 Å². The van der Waals surface area contributed by atoms with Crippen LogP contribution in [0.4, 0.5) is 10.5 Å². The zero-order valence-corrected chi connectivity index (χ0v) is 13.5. The Balaban J connectivity index is 2.88. The molecule has 0 aromatic heterocycles. The number of carbonyl (C=O) groups is 2. The lowest BCUT2D eigenvalue weighted by Gasteiger charge is -2.28. The Bertz CT molecular complexity index is 591. The van der Waals surface area contributed by atoms with E-state index in [1.165, 1.54) is 31.3 Å². The highest BCUT2D eigenvalue weighted by Gasteiger charge is 2.30. The lowest BCUT2D eigenvalue weighted by molar-refractivity contribution is -0.384. The van der Waals surface area contributed by atoms with Crippen molar-refractivity contribution >= 4 is 17.7 Å². The van der Waals surface area contributed by atoms with Crippen LogP contribution in [0.1, 0.15) is 26.3 Å². The molecular weight excluding hydrogens is 304 g/mol. The van der Waals surface area contributed by atoms with Gasteiger partial charge in [-0.3, -0.25) is 15.0 Å². The highest BCUT2D eigenvalue weighted by molar-refractivity contribution is 5.80. The van der Waals surface area contributed by atoms with E-state index in [4.69, 9.17) is 4.74 Å². The summed E-state index contributed by atoms with van der Waals surface area (Å²) in [6, 6.07) is 4.39. The van der Waals surface area contributed by atoms with Crippen LogP contribution >= 0.6 is 0 Å². The molecule has 0 aliphatic carbocycles. The molecule has 1 atom stereocenters. The van der Waals surface area contributed by atoms with E-state index in [2.05, 4.69) is 0 Å². The molecule has 0 aliphatic heterocycles. The topological polar surface area (TPSA) is 110 Å². The summed E-state index contributed by atoms with van der Waals surface area (Å²) >= 11 is 0. The maximum absolute atomic E-state index is 12.0. The molecule has 23 heavy (non-hydrogen) atoms. The van der Waals surface area contributed by atoms with Crippen molar-refractivity contribution in [3.63, 3.8) is 0 Å². The van der Waals surface area contributed by atoms with Gasteiger partial charge in [-0.2, -0.15) is 0 Å². The summed E-state index contributed by atoms with van der Waals surface area (Å²) in [6.07, 6.45) is -0.727. The largest absolute Gasteiger partial charge is 0.480 e. The van der Waals surface area contributed by atoms with Crippen LogP contribution in [0.2, 0.25) is 0 Å². The molecule has 1 aromatic carbocycles. The number of non-ortho nitro benzene ring substituents is 1. The van der Waals surface area contributed by atoms with Crippen molar-refractivity contribution in [2.45, 2.75) is 38.8 Å². The Labute approximate surface area is 133 Å². The molecule has 0 aliphatic rings. The quantitative estimate of drug-likeness (QED) is 0.658. The molecule has 0 unspecified atom stereocenters. The second-order valence-corrected chi connectivity index (χ2v) is 6.07. The van der Waals surface area contributed by atoms with Gasteiger partial charge in [0.2, 0.25) is 0 Å². The first-order valence-corrected chi connectivity index (χ1v) is 6.93. The Morgan fingerprint density at radius 1 is 1.30 bits per heavy atom. The molecule has 1 rings (SSSR count). The van der Waals surface area contributed by atoms with Crippen LogP contribution in [0.25, 0.3) is 0 Å². The van der Waals surface area contributed by atoms with Crippen molar-refractivity contribution in [2.75, 3.05) is 7.05 Å². The fraction of sp³-hybridized carbons (Fsp3) is 0.467. The van der Waals surface area contributed by atoms with Crippen LogP contribution in [-0.2, 0) is 16.0 Å². The van der Waals surface area contributed by atoms with Crippen LogP contribution in [0.3, 0.4) is 0 Å². The molecule has 0 fully saturated rings. The number of carboxylic acids is 1. The van der Waals surface area contributed by atoms with Crippen LogP contribution in [0, 0.1) is 10.1 Å². The Hall–Kier alpha value is -2.64. The number of amides is 1. The van der Waals surface area contributed by atoms with E-state index in [1.54, 1.807) is 20.8 Å². The highest BCUT2D eigenvalue weighted by Crippen LogP contribution is 2.16. The molecule has 0 bridgehead atoms. The maximum Gasteiger partial charge on any atom is 0.410 e. The number of hydrogen-bond acceptors (Lipinski definition) is 5. The molecule has 8 nitrogen and oxygen atoms in total. The van der Waals surface area contributed by atoms with Crippen LogP contribution in [0.5, 0.6) is 0 Å². The van der Waals surface area contributed by atoms with E-state index in [-0.39, 0.29) is 12.1 Å². The van der Waals surface area contributed by atoms with Gasteiger partial charge in [0.1, 0.15) is 11.6 Å². The Morgan fingerprint density at radius 3 is 2.22 bits per heavy atom. The Morgan fingerprint density at radius 2 is 1.83 bits per heavy atom. The van der Waals surface area contributed by atoms with Gasteiger partial charge in [0.05, 0.1) is 4.92 Å². The van der Waals surface area contributed by atoms with Gasteiger partial charge in [0.25, 0.3) is 5.69 Å². The van der Waals surface area contributed by atoms with Crippen molar-refractivity contribution < 1.29 is 24.4 Å². The van der Waals surface area contributed by atoms with Crippen LogP contribution in [0.15, 0.2) is 24.3 Å². The molecule has 0 spiro atoms.